The van der Waals surface area contributed by atoms with Crippen molar-refractivity contribution >= 4 is 17.3 Å². The first-order valence-electron chi connectivity index (χ1n) is 7.16. The van der Waals surface area contributed by atoms with Gasteiger partial charge in [-0.3, -0.25) is 4.79 Å². The summed E-state index contributed by atoms with van der Waals surface area (Å²) in [6.07, 6.45) is 0.469. The number of fused-ring (bicyclic) bond motifs is 1. The summed E-state index contributed by atoms with van der Waals surface area (Å²) in [6.45, 7) is 2.53. The second-order valence-corrected chi connectivity index (χ2v) is 5.43. The molecule has 1 heterocycles. The largest absolute Gasteiger partial charge is 0.380 e. The van der Waals surface area contributed by atoms with Crippen LogP contribution in [0.25, 0.3) is 11.1 Å². The van der Waals surface area contributed by atoms with Crippen LogP contribution in [0, 0.1) is 0 Å². The van der Waals surface area contributed by atoms with Gasteiger partial charge in [0.15, 0.2) is 0 Å². The van der Waals surface area contributed by atoms with Crippen molar-refractivity contribution < 1.29 is 4.79 Å². The Balaban J connectivity index is 2.11. The maximum atomic E-state index is 11.8. The monoisotopic (exact) mass is 281 g/mol. The summed E-state index contributed by atoms with van der Waals surface area (Å²) >= 11 is 0. The number of amides is 1. The Bertz CT molecular complexity index is 681. The molecule has 2 aromatic carbocycles. The molecule has 1 aliphatic heterocycles. The Morgan fingerprint density at radius 2 is 2.05 bits per heavy atom. The molecule has 0 saturated heterocycles. The van der Waals surface area contributed by atoms with E-state index in [1.54, 1.807) is 0 Å². The Hall–Kier alpha value is -2.33. The van der Waals surface area contributed by atoms with Crippen molar-refractivity contribution in [2.24, 2.45) is 5.73 Å². The van der Waals surface area contributed by atoms with Gasteiger partial charge in [0.25, 0.3) is 0 Å². The fourth-order valence-electron chi connectivity index (χ4n) is 2.70. The van der Waals surface area contributed by atoms with Crippen LogP contribution in [0.4, 0.5) is 11.4 Å². The van der Waals surface area contributed by atoms with Crippen molar-refractivity contribution in [1.29, 1.82) is 0 Å². The molecule has 0 unspecified atom stereocenters. The van der Waals surface area contributed by atoms with Crippen molar-refractivity contribution in [3.8, 4) is 11.1 Å². The van der Waals surface area contributed by atoms with Gasteiger partial charge >= 0.3 is 0 Å². The number of anilines is 2. The molecular weight excluding hydrogens is 262 g/mol. The number of hydrogen-bond acceptors (Lipinski definition) is 3. The van der Waals surface area contributed by atoms with Crippen LogP contribution in [-0.2, 0) is 11.3 Å². The second kappa shape index (κ2) is 5.58. The molecule has 0 bridgehead atoms. The molecule has 4 N–H and O–H groups in total. The quantitative estimate of drug-likeness (QED) is 0.793. The molecule has 21 heavy (non-hydrogen) atoms. The number of nitrogens with one attached hydrogen (secondary N) is 2. The van der Waals surface area contributed by atoms with Gasteiger partial charge in [0.05, 0.1) is 11.4 Å². The van der Waals surface area contributed by atoms with E-state index in [1.165, 1.54) is 0 Å². The van der Waals surface area contributed by atoms with E-state index in [-0.39, 0.29) is 11.9 Å². The summed E-state index contributed by atoms with van der Waals surface area (Å²) in [7, 11) is 0. The van der Waals surface area contributed by atoms with E-state index in [0.29, 0.717) is 13.0 Å². The average Bonchev–Trinajstić information content (AvgIpc) is 2.63. The minimum Gasteiger partial charge on any atom is -0.380 e. The van der Waals surface area contributed by atoms with E-state index in [0.717, 1.165) is 28.1 Å². The van der Waals surface area contributed by atoms with Crippen molar-refractivity contribution in [3.63, 3.8) is 0 Å². The highest BCUT2D eigenvalue weighted by atomic mass is 16.1. The number of para-hydroxylation sites is 1. The second-order valence-electron chi connectivity index (χ2n) is 5.43. The van der Waals surface area contributed by atoms with E-state index >= 15 is 0 Å². The average molecular weight is 281 g/mol. The van der Waals surface area contributed by atoms with Gasteiger partial charge < -0.3 is 16.4 Å². The highest BCUT2D eigenvalue weighted by molar-refractivity contribution is 6.00. The molecule has 0 radical (unpaired) electrons. The molecule has 1 aliphatic rings. The zero-order valence-corrected chi connectivity index (χ0v) is 12.0. The van der Waals surface area contributed by atoms with E-state index in [2.05, 4.69) is 28.8 Å². The summed E-state index contributed by atoms with van der Waals surface area (Å²) in [5.41, 5.74) is 10.8. The number of nitrogens with two attached hydrogens (primary N) is 1. The molecule has 0 fully saturated rings. The van der Waals surface area contributed by atoms with Crippen molar-refractivity contribution in [1.82, 2.24) is 0 Å². The number of hydrogen-bond donors (Lipinski definition) is 3. The lowest BCUT2D eigenvalue weighted by atomic mass is 10.00. The third-order valence-electron chi connectivity index (χ3n) is 3.69. The SMILES string of the molecule is C[C@@H]1CC(=O)Nc2cccc(-c3cccc(CN)c3)c2N1. The fraction of sp³-hybridized carbons (Fsp3) is 0.235. The third-order valence-corrected chi connectivity index (χ3v) is 3.69. The Labute approximate surface area is 124 Å². The van der Waals surface area contributed by atoms with E-state index in [9.17, 15) is 4.79 Å². The lowest BCUT2D eigenvalue weighted by Crippen LogP contribution is -2.19. The van der Waals surface area contributed by atoms with Crippen LogP contribution in [-0.4, -0.2) is 11.9 Å². The van der Waals surface area contributed by atoms with Gasteiger partial charge in [0.1, 0.15) is 0 Å². The van der Waals surface area contributed by atoms with Crippen LogP contribution in [0.3, 0.4) is 0 Å². The van der Waals surface area contributed by atoms with Crippen molar-refractivity contribution in [3.05, 3.63) is 48.0 Å². The highest BCUT2D eigenvalue weighted by Crippen LogP contribution is 2.36. The lowest BCUT2D eigenvalue weighted by molar-refractivity contribution is -0.116. The van der Waals surface area contributed by atoms with Crippen LogP contribution < -0.4 is 16.4 Å². The fourth-order valence-corrected chi connectivity index (χ4v) is 2.70. The molecule has 108 valence electrons. The van der Waals surface area contributed by atoms with Crippen LogP contribution >= 0.6 is 0 Å². The van der Waals surface area contributed by atoms with Crippen molar-refractivity contribution in [2.75, 3.05) is 10.6 Å². The van der Waals surface area contributed by atoms with Crippen LogP contribution in [0.5, 0.6) is 0 Å². The Morgan fingerprint density at radius 3 is 2.86 bits per heavy atom. The molecule has 4 heteroatoms. The Kier molecular flexibility index (Phi) is 3.62. The molecule has 1 atom stereocenters. The number of carbonyl (C=O) groups is 1. The third kappa shape index (κ3) is 2.76. The van der Waals surface area contributed by atoms with Gasteiger partial charge in [0, 0.05) is 24.6 Å². The van der Waals surface area contributed by atoms with Crippen LogP contribution in [0.15, 0.2) is 42.5 Å². The lowest BCUT2D eigenvalue weighted by Gasteiger charge is -2.17. The summed E-state index contributed by atoms with van der Waals surface area (Å²) in [6, 6.07) is 14.2. The molecular formula is C17H19N3O. The maximum absolute atomic E-state index is 11.8. The smallest absolute Gasteiger partial charge is 0.226 e. The molecule has 1 amide bonds. The maximum Gasteiger partial charge on any atom is 0.226 e. The van der Waals surface area contributed by atoms with Gasteiger partial charge in [0.2, 0.25) is 5.91 Å². The topological polar surface area (TPSA) is 67.2 Å². The molecule has 0 aromatic heterocycles. The summed E-state index contributed by atoms with van der Waals surface area (Å²) in [5, 5.41) is 6.41. The first-order chi connectivity index (χ1) is 10.2. The van der Waals surface area contributed by atoms with E-state index < -0.39 is 0 Å². The van der Waals surface area contributed by atoms with Crippen LogP contribution in [0.2, 0.25) is 0 Å². The molecule has 3 rings (SSSR count). The number of benzene rings is 2. The van der Waals surface area contributed by atoms with Crippen molar-refractivity contribution in [2.45, 2.75) is 25.9 Å². The van der Waals surface area contributed by atoms with E-state index in [1.807, 2.05) is 31.2 Å². The Morgan fingerprint density at radius 1 is 1.24 bits per heavy atom. The highest BCUT2D eigenvalue weighted by Gasteiger charge is 2.20. The van der Waals surface area contributed by atoms with Gasteiger partial charge in [-0.1, -0.05) is 30.3 Å². The zero-order chi connectivity index (χ0) is 14.8. The standard InChI is InChI=1S/C17H19N3O/c1-11-8-16(21)20-15-7-3-6-14(17(15)19-11)13-5-2-4-12(9-13)10-18/h2-7,9,11,19H,8,10,18H2,1H3,(H,20,21)/t11-/m1/s1. The molecule has 0 saturated carbocycles. The van der Waals surface area contributed by atoms with E-state index in [4.69, 9.17) is 5.73 Å². The normalized spacial score (nSPS) is 17.4. The molecule has 2 aromatic rings. The first kappa shape index (κ1) is 13.6. The molecule has 4 nitrogen and oxygen atoms in total. The summed E-state index contributed by atoms with van der Waals surface area (Å²) < 4.78 is 0. The van der Waals surface area contributed by atoms with Gasteiger partial charge in [-0.05, 0) is 30.2 Å². The molecule has 0 spiro atoms. The first-order valence-corrected chi connectivity index (χ1v) is 7.16. The number of carbonyl (C=O) groups excluding carboxylic acids is 1. The zero-order valence-electron chi connectivity index (χ0n) is 12.0. The predicted molar refractivity (Wildman–Crippen MR) is 86.1 cm³/mol. The number of rotatable bonds is 2. The van der Waals surface area contributed by atoms with Gasteiger partial charge in [-0.2, -0.15) is 0 Å². The minimum atomic E-state index is 0.0432. The predicted octanol–water partition coefficient (Wildman–Crippen LogP) is 2.95. The summed E-state index contributed by atoms with van der Waals surface area (Å²) in [5.74, 6) is 0.0432. The summed E-state index contributed by atoms with van der Waals surface area (Å²) in [4.78, 5) is 11.8. The van der Waals surface area contributed by atoms with Gasteiger partial charge in [-0.15, -0.1) is 0 Å². The van der Waals surface area contributed by atoms with Crippen LogP contribution in [0.1, 0.15) is 18.9 Å². The minimum absolute atomic E-state index is 0.0432. The van der Waals surface area contributed by atoms with Gasteiger partial charge in [-0.25, -0.2) is 0 Å². The molecule has 0 aliphatic carbocycles.